The lowest BCUT2D eigenvalue weighted by Crippen LogP contribution is -2.06. The van der Waals surface area contributed by atoms with E-state index >= 15 is 0 Å². The van der Waals surface area contributed by atoms with Crippen LogP contribution in [0.4, 0.5) is 0 Å². The van der Waals surface area contributed by atoms with Crippen molar-refractivity contribution in [3.63, 3.8) is 0 Å². The third-order valence-electron chi connectivity index (χ3n) is 12.1. The summed E-state index contributed by atoms with van der Waals surface area (Å²) in [5.41, 5.74) is 28.4. The fraction of sp³-hybridized carbons (Fsp3) is 0.292. The maximum atomic E-state index is 5.48. The molecule has 0 unspecified atom stereocenters. The van der Waals surface area contributed by atoms with E-state index in [0.29, 0.717) is 0 Å². The summed E-state index contributed by atoms with van der Waals surface area (Å²) < 4.78 is 0. The fourth-order valence-electron chi connectivity index (χ4n) is 7.51. The Morgan fingerprint density at radius 1 is 0.280 bits per heavy atom. The van der Waals surface area contributed by atoms with Crippen molar-refractivity contribution in [2.45, 2.75) is 96.9 Å². The van der Waals surface area contributed by atoms with E-state index in [0.717, 1.165) is 28.3 Å². The van der Waals surface area contributed by atoms with Crippen molar-refractivity contribution in [3.8, 4) is 56.2 Å². The van der Waals surface area contributed by atoms with Crippen LogP contribution in [0.5, 0.6) is 0 Å². The topological polar surface area (TPSA) is 25.8 Å². The second kappa shape index (κ2) is 13.1. The Morgan fingerprint density at radius 2 is 0.640 bits per heavy atom. The SMILES string of the molecule is Cc1ccc(-c2cc(-c3ccc(C)c(C)c3)cc(-c3cc(-c4c(C)c(C)c(C)c(C)c4C)nc(-c4c(C)c(C)c(C)c(C)c4C)n3)c2)cc1C. The number of rotatable bonds is 5. The highest BCUT2D eigenvalue weighted by Gasteiger charge is 2.22. The van der Waals surface area contributed by atoms with Crippen LogP contribution in [0.25, 0.3) is 56.2 Å². The van der Waals surface area contributed by atoms with Gasteiger partial charge in [0.25, 0.3) is 0 Å². The van der Waals surface area contributed by atoms with Gasteiger partial charge in [-0.05, 0) is 221 Å². The minimum atomic E-state index is 0.790. The molecule has 0 N–H and O–H groups in total. The second-order valence-corrected chi connectivity index (χ2v) is 14.9. The van der Waals surface area contributed by atoms with Gasteiger partial charge in [-0.3, -0.25) is 0 Å². The number of hydrogen-bond donors (Lipinski definition) is 0. The molecule has 50 heavy (non-hydrogen) atoms. The highest BCUT2D eigenvalue weighted by atomic mass is 14.9. The van der Waals surface area contributed by atoms with Gasteiger partial charge >= 0.3 is 0 Å². The summed E-state index contributed by atoms with van der Waals surface area (Å²) in [6.07, 6.45) is 0. The molecule has 0 radical (unpaired) electrons. The number of aryl methyl sites for hydroxylation is 4. The van der Waals surface area contributed by atoms with Gasteiger partial charge in [0.2, 0.25) is 0 Å². The Hall–Kier alpha value is -4.82. The maximum absolute atomic E-state index is 5.48. The molecule has 0 aliphatic rings. The molecule has 254 valence electrons. The summed E-state index contributed by atoms with van der Waals surface area (Å²) in [4.78, 5) is 10.9. The van der Waals surface area contributed by atoms with Crippen LogP contribution in [0.1, 0.15) is 77.9 Å². The van der Waals surface area contributed by atoms with Crippen molar-refractivity contribution >= 4 is 0 Å². The van der Waals surface area contributed by atoms with Crippen LogP contribution in [0.2, 0.25) is 0 Å². The first-order chi connectivity index (χ1) is 23.6. The monoisotopic (exact) mass is 656 g/mol. The molecule has 5 aromatic carbocycles. The van der Waals surface area contributed by atoms with E-state index < -0.39 is 0 Å². The molecule has 1 aromatic heterocycles. The Kier molecular flexibility index (Phi) is 9.20. The normalized spacial score (nSPS) is 11.4. The van der Waals surface area contributed by atoms with Gasteiger partial charge in [-0.25, -0.2) is 9.97 Å². The van der Waals surface area contributed by atoms with Crippen LogP contribution >= 0.6 is 0 Å². The van der Waals surface area contributed by atoms with Crippen molar-refractivity contribution in [1.29, 1.82) is 0 Å². The molecule has 0 saturated carbocycles. The van der Waals surface area contributed by atoms with Crippen molar-refractivity contribution in [2.24, 2.45) is 0 Å². The van der Waals surface area contributed by atoms with Crippen molar-refractivity contribution < 1.29 is 0 Å². The Morgan fingerprint density at radius 3 is 1.06 bits per heavy atom. The van der Waals surface area contributed by atoms with E-state index in [1.54, 1.807) is 0 Å². The highest BCUT2D eigenvalue weighted by Crippen LogP contribution is 2.40. The van der Waals surface area contributed by atoms with Gasteiger partial charge in [0.1, 0.15) is 0 Å². The molecule has 6 rings (SSSR count). The Balaban J connectivity index is 1.72. The van der Waals surface area contributed by atoms with Crippen LogP contribution in [-0.4, -0.2) is 9.97 Å². The molecule has 2 heteroatoms. The van der Waals surface area contributed by atoms with Gasteiger partial charge in [0.15, 0.2) is 5.82 Å². The first-order valence-electron chi connectivity index (χ1n) is 17.9. The number of nitrogens with zero attached hydrogens (tertiary/aromatic N) is 2. The first-order valence-corrected chi connectivity index (χ1v) is 17.9. The molecular formula is C48H52N2. The molecule has 0 aliphatic heterocycles. The molecule has 2 nitrogen and oxygen atoms in total. The van der Waals surface area contributed by atoms with Gasteiger partial charge in [-0.1, -0.05) is 36.4 Å². The predicted molar refractivity (Wildman–Crippen MR) is 216 cm³/mol. The zero-order valence-corrected chi connectivity index (χ0v) is 32.7. The molecule has 0 bridgehead atoms. The lowest BCUT2D eigenvalue weighted by Gasteiger charge is -2.21. The van der Waals surface area contributed by atoms with E-state index in [2.05, 4.69) is 158 Å². The average molecular weight is 657 g/mol. The predicted octanol–water partition coefficient (Wildman–Crippen LogP) is 13.1. The van der Waals surface area contributed by atoms with Crippen LogP contribution in [0.15, 0.2) is 60.7 Å². The summed E-state index contributed by atoms with van der Waals surface area (Å²) in [6, 6.07) is 22.8. The first kappa shape index (κ1) is 35.0. The summed E-state index contributed by atoms with van der Waals surface area (Å²) in [5, 5.41) is 0. The molecule has 1 heterocycles. The average Bonchev–Trinajstić information content (AvgIpc) is 3.10. The third-order valence-corrected chi connectivity index (χ3v) is 12.1. The maximum Gasteiger partial charge on any atom is 0.160 e. The molecule has 6 aromatic rings. The van der Waals surface area contributed by atoms with E-state index in [9.17, 15) is 0 Å². The second-order valence-electron chi connectivity index (χ2n) is 14.9. The van der Waals surface area contributed by atoms with Crippen LogP contribution < -0.4 is 0 Å². The number of aromatic nitrogens is 2. The largest absolute Gasteiger partial charge is 0.228 e. The smallest absolute Gasteiger partial charge is 0.160 e. The molecular weight excluding hydrogens is 605 g/mol. The highest BCUT2D eigenvalue weighted by molar-refractivity contribution is 5.84. The molecule has 0 amide bonds. The zero-order chi connectivity index (χ0) is 36.3. The fourth-order valence-corrected chi connectivity index (χ4v) is 7.51. The van der Waals surface area contributed by atoms with Gasteiger partial charge in [-0.15, -0.1) is 0 Å². The third kappa shape index (κ3) is 6.00. The molecule has 0 atom stereocenters. The van der Waals surface area contributed by atoms with Crippen molar-refractivity contribution in [1.82, 2.24) is 9.97 Å². The van der Waals surface area contributed by atoms with Crippen LogP contribution in [0.3, 0.4) is 0 Å². The van der Waals surface area contributed by atoms with E-state index in [-0.39, 0.29) is 0 Å². The van der Waals surface area contributed by atoms with Crippen LogP contribution in [0, 0.1) is 96.9 Å². The lowest BCUT2D eigenvalue weighted by atomic mass is 9.87. The minimum Gasteiger partial charge on any atom is -0.228 e. The Labute approximate surface area is 300 Å². The standard InChI is InChI=1S/C48H52N2/c1-25-15-17-39(19-27(25)3)41-21-42(40-18-16-26(2)28(4)20-40)23-43(22-41)44-24-45(46-35(11)31(7)29(5)32(8)36(46)12)50-48(49-44)47-37(13)33(9)30(6)34(10)38(47)14/h15-24H,1-14H3. The summed E-state index contributed by atoms with van der Waals surface area (Å²) in [6.45, 7) is 31.1. The van der Waals surface area contributed by atoms with Gasteiger partial charge < -0.3 is 0 Å². The van der Waals surface area contributed by atoms with E-state index in [4.69, 9.17) is 9.97 Å². The number of hydrogen-bond acceptors (Lipinski definition) is 2. The van der Waals surface area contributed by atoms with Crippen molar-refractivity contribution in [3.05, 3.63) is 139 Å². The van der Waals surface area contributed by atoms with Gasteiger partial charge in [0.05, 0.1) is 11.4 Å². The van der Waals surface area contributed by atoms with Gasteiger partial charge in [0, 0.05) is 16.7 Å². The van der Waals surface area contributed by atoms with Crippen LogP contribution in [-0.2, 0) is 0 Å². The zero-order valence-electron chi connectivity index (χ0n) is 32.7. The molecule has 0 fully saturated rings. The van der Waals surface area contributed by atoms with Gasteiger partial charge in [-0.2, -0.15) is 0 Å². The molecule has 0 saturated heterocycles. The van der Waals surface area contributed by atoms with E-state index in [1.165, 1.54) is 106 Å². The van der Waals surface area contributed by atoms with E-state index in [1.807, 2.05) is 0 Å². The number of benzene rings is 5. The van der Waals surface area contributed by atoms with Crippen molar-refractivity contribution in [2.75, 3.05) is 0 Å². The summed E-state index contributed by atoms with van der Waals surface area (Å²) >= 11 is 0. The minimum absolute atomic E-state index is 0.790. The molecule has 0 spiro atoms. The lowest BCUT2D eigenvalue weighted by molar-refractivity contribution is 1.11. The summed E-state index contributed by atoms with van der Waals surface area (Å²) in [7, 11) is 0. The molecule has 0 aliphatic carbocycles. The quantitative estimate of drug-likeness (QED) is 0.185. The Bertz CT molecular complexity index is 2140. The summed E-state index contributed by atoms with van der Waals surface area (Å²) in [5.74, 6) is 0.790.